The molecule has 0 spiro atoms. The number of benzene rings is 3. The van der Waals surface area contributed by atoms with E-state index < -0.39 is 34.6 Å². The number of nitrogens with one attached hydrogen (secondary N) is 1. The fraction of sp³-hybridized carbons (Fsp3) is 0.375. The van der Waals surface area contributed by atoms with Gasteiger partial charge in [-0.2, -0.15) is 0 Å². The summed E-state index contributed by atoms with van der Waals surface area (Å²) in [5.41, 5.74) is 2.78. The third-order valence-electron chi connectivity index (χ3n) is 6.68. The van der Waals surface area contributed by atoms with Gasteiger partial charge in [0.25, 0.3) is 0 Å². The highest BCUT2D eigenvalue weighted by Crippen LogP contribution is 2.13. The summed E-state index contributed by atoms with van der Waals surface area (Å²) >= 11 is 0. The van der Waals surface area contributed by atoms with E-state index in [1.807, 2.05) is 105 Å². The van der Waals surface area contributed by atoms with Crippen molar-refractivity contribution in [3.8, 4) is 0 Å². The molecule has 9 heteroatoms. The lowest BCUT2D eigenvalue weighted by Gasteiger charge is -2.25. The lowest BCUT2D eigenvalue weighted by atomic mass is 10.0. The van der Waals surface area contributed by atoms with Crippen molar-refractivity contribution < 1.29 is 27.5 Å². The van der Waals surface area contributed by atoms with Crippen molar-refractivity contribution in [2.75, 3.05) is 19.0 Å². The number of rotatable bonds is 17. The number of aryl methyl sites for hydroxylation is 1. The fourth-order valence-electron chi connectivity index (χ4n) is 4.09. The Morgan fingerprint density at radius 1 is 0.829 bits per heavy atom. The molecule has 0 aromatic heterocycles. The van der Waals surface area contributed by atoms with Gasteiger partial charge in [-0.3, -0.25) is 9.69 Å². The van der Waals surface area contributed by atoms with Gasteiger partial charge in [0.05, 0.1) is 13.2 Å². The maximum atomic E-state index is 13.2. The Balaban J connectivity index is 1.61. The number of ether oxygens (including phenoxy) is 2. The minimum Gasteiger partial charge on any atom is -0.445 e. The first kappa shape index (κ1) is 32.0. The van der Waals surface area contributed by atoms with E-state index in [9.17, 15) is 18.0 Å². The van der Waals surface area contributed by atoms with Gasteiger partial charge in [-0.05, 0) is 35.4 Å². The molecule has 0 bridgehead atoms. The van der Waals surface area contributed by atoms with Crippen molar-refractivity contribution in [2.24, 2.45) is 5.92 Å². The Labute approximate surface area is 243 Å². The Morgan fingerprint density at radius 3 is 1.93 bits per heavy atom. The number of amides is 1. The predicted octanol–water partition coefficient (Wildman–Crippen LogP) is 5.34. The molecule has 0 aliphatic rings. The molecule has 0 saturated carbocycles. The number of ketones is 1. The zero-order valence-electron chi connectivity index (χ0n) is 23.8. The number of carbonyl (C=O) groups excluding carboxylic acids is 2. The number of hydrogen-bond donors (Lipinski definition) is 1. The number of carbonyl (C=O) groups is 2. The molecule has 2 unspecified atom stereocenters. The van der Waals surface area contributed by atoms with Gasteiger partial charge in [0, 0.05) is 6.54 Å². The molecule has 0 saturated heterocycles. The van der Waals surface area contributed by atoms with Gasteiger partial charge < -0.3 is 9.47 Å². The van der Waals surface area contributed by atoms with Crippen LogP contribution in [-0.4, -0.2) is 50.3 Å². The summed E-state index contributed by atoms with van der Waals surface area (Å²) in [6.45, 7) is 3.93. The minimum atomic E-state index is -4.03. The number of Topliss-reactive ketones (excluding diaryl/α,β-unsaturated/α-hetero) is 1. The third kappa shape index (κ3) is 11.9. The largest absolute Gasteiger partial charge is 0.445 e. The monoisotopic (exact) mass is 580 g/mol. The average molecular weight is 581 g/mol. The fourth-order valence-corrected chi connectivity index (χ4v) is 5.17. The SMILES string of the molecule is CCC(C)CN(CS(=O)(=O)NCC(=O)C(CCc1ccccc1)OCc1ccccc1)C(=O)OCc1ccccc1. The number of sulfonamides is 1. The molecule has 1 N–H and O–H groups in total. The molecule has 41 heavy (non-hydrogen) atoms. The van der Waals surface area contributed by atoms with E-state index in [2.05, 4.69) is 4.72 Å². The first-order chi connectivity index (χ1) is 19.8. The van der Waals surface area contributed by atoms with Crippen molar-refractivity contribution in [3.05, 3.63) is 108 Å². The van der Waals surface area contributed by atoms with E-state index in [0.29, 0.717) is 12.8 Å². The van der Waals surface area contributed by atoms with Gasteiger partial charge in [0.2, 0.25) is 10.0 Å². The highest BCUT2D eigenvalue weighted by molar-refractivity contribution is 7.89. The van der Waals surface area contributed by atoms with Crippen molar-refractivity contribution >= 4 is 21.9 Å². The molecule has 3 aromatic carbocycles. The van der Waals surface area contributed by atoms with Gasteiger partial charge in [-0.15, -0.1) is 0 Å². The van der Waals surface area contributed by atoms with Crippen molar-refractivity contribution in [2.45, 2.75) is 52.4 Å². The molecule has 0 aliphatic carbocycles. The smallest absolute Gasteiger partial charge is 0.411 e. The van der Waals surface area contributed by atoms with E-state index in [-0.39, 0.29) is 31.5 Å². The topological polar surface area (TPSA) is 102 Å². The van der Waals surface area contributed by atoms with Crippen LogP contribution >= 0.6 is 0 Å². The van der Waals surface area contributed by atoms with Crippen LogP contribution in [0.25, 0.3) is 0 Å². The summed E-state index contributed by atoms with van der Waals surface area (Å²) in [6.07, 6.45) is 0.247. The molecule has 0 radical (unpaired) electrons. The standard InChI is InChI=1S/C32H40N2O6S/c1-3-26(2)22-34(32(36)40-24-29-17-11-6-12-18-29)25-41(37,38)33-21-30(35)31(20-19-27-13-7-4-8-14-27)39-23-28-15-9-5-10-16-28/h4-18,26,31,33H,3,19-25H2,1-2H3. The maximum absolute atomic E-state index is 13.2. The Bertz CT molecular complexity index is 1260. The van der Waals surface area contributed by atoms with Gasteiger partial charge in [-0.25, -0.2) is 17.9 Å². The summed E-state index contributed by atoms with van der Waals surface area (Å²) in [5, 5.41) is 0. The summed E-state index contributed by atoms with van der Waals surface area (Å²) < 4.78 is 39.8. The lowest BCUT2D eigenvalue weighted by Crippen LogP contribution is -2.45. The van der Waals surface area contributed by atoms with Crippen LogP contribution in [0.15, 0.2) is 91.0 Å². The van der Waals surface area contributed by atoms with Crippen LogP contribution in [-0.2, 0) is 43.9 Å². The van der Waals surface area contributed by atoms with Crippen molar-refractivity contribution in [3.63, 3.8) is 0 Å². The van der Waals surface area contributed by atoms with Crippen LogP contribution in [0.3, 0.4) is 0 Å². The summed E-state index contributed by atoms with van der Waals surface area (Å²) in [4.78, 5) is 27.2. The summed E-state index contributed by atoms with van der Waals surface area (Å²) in [7, 11) is -4.03. The van der Waals surface area contributed by atoms with E-state index in [4.69, 9.17) is 9.47 Å². The molecule has 3 aromatic rings. The summed E-state index contributed by atoms with van der Waals surface area (Å²) in [5.74, 6) is -0.928. The lowest BCUT2D eigenvalue weighted by molar-refractivity contribution is -0.130. The van der Waals surface area contributed by atoms with Gasteiger partial charge >= 0.3 is 6.09 Å². The maximum Gasteiger partial charge on any atom is 0.411 e. The Hall–Kier alpha value is -3.53. The predicted molar refractivity (Wildman–Crippen MR) is 159 cm³/mol. The van der Waals surface area contributed by atoms with Crippen molar-refractivity contribution in [1.82, 2.24) is 9.62 Å². The van der Waals surface area contributed by atoms with E-state index in [0.717, 1.165) is 23.1 Å². The second-order valence-electron chi connectivity index (χ2n) is 10.1. The van der Waals surface area contributed by atoms with Crippen LogP contribution in [0.5, 0.6) is 0 Å². The second-order valence-corrected chi connectivity index (χ2v) is 11.9. The normalized spacial score (nSPS) is 12.8. The van der Waals surface area contributed by atoms with Crippen LogP contribution in [0.2, 0.25) is 0 Å². The molecular formula is C32H40N2O6S. The van der Waals surface area contributed by atoms with Crippen LogP contribution in [0.1, 0.15) is 43.4 Å². The van der Waals surface area contributed by atoms with E-state index in [1.54, 1.807) is 0 Å². The number of hydrogen-bond acceptors (Lipinski definition) is 6. The highest BCUT2D eigenvalue weighted by Gasteiger charge is 2.26. The Kier molecular flexibility index (Phi) is 13.0. The first-order valence-electron chi connectivity index (χ1n) is 13.9. The molecule has 0 heterocycles. The van der Waals surface area contributed by atoms with Gasteiger partial charge in [-0.1, -0.05) is 111 Å². The second kappa shape index (κ2) is 16.7. The molecule has 0 fully saturated rings. The molecule has 2 atom stereocenters. The zero-order chi connectivity index (χ0) is 29.5. The van der Waals surface area contributed by atoms with Crippen LogP contribution < -0.4 is 4.72 Å². The van der Waals surface area contributed by atoms with Gasteiger partial charge in [0.1, 0.15) is 18.6 Å². The Morgan fingerprint density at radius 2 is 1.37 bits per heavy atom. The van der Waals surface area contributed by atoms with E-state index in [1.165, 1.54) is 4.90 Å². The molecular weight excluding hydrogens is 540 g/mol. The van der Waals surface area contributed by atoms with E-state index >= 15 is 0 Å². The zero-order valence-corrected chi connectivity index (χ0v) is 24.6. The highest BCUT2D eigenvalue weighted by atomic mass is 32.2. The number of nitrogens with zero attached hydrogens (tertiary/aromatic N) is 1. The third-order valence-corrected chi connectivity index (χ3v) is 7.91. The first-order valence-corrected chi connectivity index (χ1v) is 15.6. The molecule has 8 nitrogen and oxygen atoms in total. The average Bonchev–Trinajstić information content (AvgIpc) is 2.99. The molecule has 1 amide bonds. The van der Waals surface area contributed by atoms with Gasteiger partial charge in [0.15, 0.2) is 5.78 Å². The minimum absolute atomic E-state index is 0.0322. The summed E-state index contributed by atoms with van der Waals surface area (Å²) in [6, 6.07) is 28.4. The van der Waals surface area contributed by atoms with Crippen LogP contribution in [0.4, 0.5) is 4.79 Å². The quantitative estimate of drug-likeness (QED) is 0.231. The van der Waals surface area contributed by atoms with Crippen LogP contribution in [0, 0.1) is 5.92 Å². The molecule has 220 valence electrons. The molecule has 0 aliphatic heterocycles. The molecule has 3 rings (SSSR count). The van der Waals surface area contributed by atoms with Crippen molar-refractivity contribution in [1.29, 1.82) is 0 Å².